The molecule has 1 aromatic carbocycles. The largest absolute Gasteiger partial charge is 0.382 e. The molecule has 3 N–H and O–H groups in total. The predicted molar refractivity (Wildman–Crippen MR) is 97.6 cm³/mol. The van der Waals surface area contributed by atoms with Crippen molar-refractivity contribution in [3.8, 4) is 0 Å². The Labute approximate surface area is 143 Å². The van der Waals surface area contributed by atoms with Crippen molar-refractivity contribution in [1.82, 2.24) is 9.88 Å². The number of likely N-dealkylation sites (tertiary alicyclic amines) is 1. The van der Waals surface area contributed by atoms with E-state index in [0.717, 1.165) is 37.0 Å². The van der Waals surface area contributed by atoms with Crippen LogP contribution in [0.3, 0.4) is 0 Å². The maximum atomic E-state index is 12.5. The quantitative estimate of drug-likeness (QED) is 0.841. The number of hydrogen-bond acceptors (Lipinski definition) is 4. The average molecular weight is 320 g/mol. The molecule has 5 nitrogen and oxygen atoms in total. The third-order valence-electron chi connectivity index (χ3n) is 4.22. The van der Waals surface area contributed by atoms with Crippen LogP contribution in [-0.2, 0) is 6.54 Å². The number of nitrogens with one attached hydrogen (secondary N) is 1. The van der Waals surface area contributed by atoms with Crippen LogP contribution in [0.2, 0.25) is 0 Å². The molecule has 1 fully saturated rings. The SMILES string of the molecule is [B]c1cccc(CNc2ccc(C(=O)N3CCCCC3)nc2N)c1. The van der Waals surface area contributed by atoms with E-state index in [9.17, 15) is 4.79 Å². The molecular formula is C18H21BN4O. The number of pyridine rings is 1. The van der Waals surface area contributed by atoms with Gasteiger partial charge in [0.05, 0.1) is 5.69 Å². The fourth-order valence-electron chi connectivity index (χ4n) is 2.90. The zero-order valence-electron chi connectivity index (χ0n) is 13.7. The first-order valence-corrected chi connectivity index (χ1v) is 8.27. The van der Waals surface area contributed by atoms with E-state index in [1.807, 2.05) is 35.2 Å². The first-order valence-electron chi connectivity index (χ1n) is 8.27. The number of piperidine rings is 1. The highest BCUT2D eigenvalue weighted by Gasteiger charge is 2.19. The summed E-state index contributed by atoms with van der Waals surface area (Å²) in [6.07, 6.45) is 3.30. The van der Waals surface area contributed by atoms with Crippen LogP contribution >= 0.6 is 0 Å². The van der Waals surface area contributed by atoms with Crippen molar-refractivity contribution in [2.75, 3.05) is 24.1 Å². The Balaban J connectivity index is 1.67. The Morgan fingerprint density at radius 2 is 2.00 bits per heavy atom. The lowest BCUT2D eigenvalue weighted by Gasteiger charge is -2.26. The minimum Gasteiger partial charge on any atom is -0.382 e. The number of rotatable bonds is 4. The lowest BCUT2D eigenvalue weighted by molar-refractivity contribution is 0.0718. The molecule has 2 radical (unpaired) electrons. The van der Waals surface area contributed by atoms with Crippen molar-refractivity contribution in [3.63, 3.8) is 0 Å². The summed E-state index contributed by atoms with van der Waals surface area (Å²) < 4.78 is 0. The number of nitrogens with two attached hydrogens (primary N) is 1. The van der Waals surface area contributed by atoms with Crippen molar-refractivity contribution < 1.29 is 4.79 Å². The van der Waals surface area contributed by atoms with Gasteiger partial charge >= 0.3 is 0 Å². The summed E-state index contributed by atoms with van der Waals surface area (Å²) in [5, 5.41) is 3.23. The Hall–Kier alpha value is -2.50. The van der Waals surface area contributed by atoms with Gasteiger partial charge in [-0.3, -0.25) is 4.79 Å². The molecule has 0 bridgehead atoms. The number of nitrogens with zero attached hydrogens (tertiary/aromatic N) is 2. The number of hydrogen-bond donors (Lipinski definition) is 2. The number of anilines is 2. The van der Waals surface area contributed by atoms with Crippen molar-refractivity contribution in [3.05, 3.63) is 47.7 Å². The van der Waals surface area contributed by atoms with Crippen LogP contribution in [0.25, 0.3) is 0 Å². The highest BCUT2D eigenvalue weighted by Crippen LogP contribution is 2.19. The molecule has 3 rings (SSSR count). The Morgan fingerprint density at radius 3 is 2.71 bits per heavy atom. The van der Waals surface area contributed by atoms with Gasteiger partial charge in [0.25, 0.3) is 5.91 Å². The van der Waals surface area contributed by atoms with E-state index in [-0.39, 0.29) is 5.91 Å². The average Bonchev–Trinajstić information content (AvgIpc) is 2.61. The minimum atomic E-state index is -0.0382. The van der Waals surface area contributed by atoms with Crippen molar-refractivity contribution in [1.29, 1.82) is 0 Å². The molecule has 0 aliphatic carbocycles. The molecule has 2 aromatic rings. The molecule has 24 heavy (non-hydrogen) atoms. The molecule has 0 spiro atoms. The van der Waals surface area contributed by atoms with Gasteiger partial charge in [-0.1, -0.05) is 29.7 Å². The first kappa shape index (κ1) is 16.4. The van der Waals surface area contributed by atoms with Gasteiger partial charge in [-0.2, -0.15) is 0 Å². The molecule has 0 saturated carbocycles. The van der Waals surface area contributed by atoms with Crippen LogP contribution in [-0.4, -0.2) is 36.7 Å². The zero-order valence-corrected chi connectivity index (χ0v) is 13.7. The van der Waals surface area contributed by atoms with Crippen LogP contribution in [0, 0.1) is 0 Å². The summed E-state index contributed by atoms with van der Waals surface area (Å²) in [5.74, 6) is 0.297. The second-order valence-corrected chi connectivity index (χ2v) is 6.08. The van der Waals surface area contributed by atoms with E-state index in [0.29, 0.717) is 23.7 Å². The smallest absolute Gasteiger partial charge is 0.272 e. The molecule has 0 atom stereocenters. The highest BCUT2D eigenvalue weighted by atomic mass is 16.2. The Morgan fingerprint density at radius 1 is 1.21 bits per heavy atom. The maximum absolute atomic E-state index is 12.5. The van der Waals surface area contributed by atoms with Crippen LogP contribution in [0.5, 0.6) is 0 Å². The van der Waals surface area contributed by atoms with Gasteiger partial charge in [-0.15, -0.1) is 0 Å². The summed E-state index contributed by atoms with van der Waals surface area (Å²) in [6, 6.07) is 11.2. The molecule has 1 saturated heterocycles. The monoisotopic (exact) mass is 320 g/mol. The van der Waals surface area contributed by atoms with Gasteiger partial charge < -0.3 is 16.0 Å². The van der Waals surface area contributed by atoms with Gasteiger partial charge in [-0.05, 0) is 37.0 Å². The highest BCUT2D eigenvalue weighted by molar-refractivity contribution is 6.32. The van der Waals surface area contributed by atoms with Gasteiger partial charge in [0, 0.05) is 19.6 Å². The predicted octanol–water partition coefficient (Wildman–Crippen LogP) is 1.70. The Kier molecular flexibility index (Phi) is 5.03. The van der Waals surface area contributed by atoms with Crippen LogP contribution in [0.15, 0.2) is 36.4 Å². The van der Waals surface area contributed by atoms with Crippen LogP contribution < -0.4 is 16.5 Å². The topological polar surface area (TPSA) is 71.2 Å². The minimum absolute atomic E-state index is 0.0382. The van der Waals surface area contributed by atoms with Crippen molar-refractivity contribution >= 4 is 30.7 Å². The number of carbonyl (C=O) groups is 1. The lowest BCUT2D eigenvalue weighted by atomic mass is 9.94. The van der Waals surface area contributed by atoms with E-state index in [4.69, 9.17) is 13.6 Å². The summed E-state index contributed by atoms with van der Waals surface area (Å²) in [5.41, 5.74) is 8.92. The van der Waals surface area contributed by atoms with E-state index in [2.05, 4.69) is 10.3 Å². The molecule has 6 heteroatoms. The van der Waals surface area contributed by atoms with Crippen LogP contribution in [0.1, 0.15) is 35.3 Å². The third-order valence-corrected chi connectivity index (χ3v) is 4.22. The van der Waals surface area contributed by atoms with Crippen LogP contribution in [0.4, 0.5) is 11.5 Å². The molecule has 122 valence electrons. The third kappa shape index (κ3) is 3.88. The second kappa shape index (κ2) is 7.38. The summed E-state index contributed by atoms with van der Waals surface area (Å²) in [7, 11) is 5.77. The fourth-order valence-corrected chi connectivity index (χ4v) is 2.90. The molecule has 1 aromatic heterocycles. The molecule has 1 aliphatic rings. The standard InChI is InChI=1S/C18H21BN4O/c19-14-6-4-5-13(11-14)12-21-15-7-8-16(22-17(15)20)18(24)23-9-2-1-3-10-23/h4-8,11,21H,1-3,9-10,12H2,(H2,20,22). The van der Waals surface area contributed by atoms with Gasteiger partial charge in [0.1, 0.15) is 19.4 Å². The number of aromatic nitrogens is 1. The van der Waals surface area contributed by atoms with Gasteiger partial charge in [0.2, 0.25) is 0 Å². The molecule has 1 aliphatic heterocycles. The summed E-state index contributed by atoms with van der Waals surface area (Å²) in [6.45, 7) is 2.20. The molecule has 1 amide bonds. The van der Waals surface area contributed by atoms with E-state index >= 15 is 0 Å². The number of nitrogen functional groups attached to an aromatic ring is 1. The fraction of sp³-hybridized carbons (Fsp3) is 0.333. The lowest BCUT2D eigenvalue weighted by Crippen LogP contribution is -2.36. The van der Waals surface area contributed by atoms with Gasteiger partial charge in [0.15, 0.2) is 0 Å². The normalized spacial score (nSPS) is 14.4. The van der Waals surface area contributed by atoms with Crippen molar-refractivity contribution in [2.45, 2.75) is 25.8 Å². The molecule has 0 unspecified atom stereocenters. The zero-order chi connectivity index (χ0) is 16.9. The number of carbonyl (C=O) groups excluding carboxylic acids is 1. The number of benzene rings is 1. The molecular weight excluding hydrogens is 299 g/mol. The Bertz CT molecular complexity index is 729. The van der Waals surface area contributed by atoms with E-state index in [1.165, 1.54) is 6.42 Å². The van der Waals surface area contributed by atoms with Crippen molar-refractivity contribution in [2.24, 2.45) is 0 Å². The van der Waals surface area contributed by atoms with Gasteiger partial charge in [-0.25, -0.2) is 4.98 Å². The summed E-state index contributed by atoms with van der Waals surface area (Å²) >= 11 is 0. The molecule has 2 heterocycles. The first-order chi connectivity index (χ1) is 11.6. The number of amides is 1. The summed E-state index contributed by atoms with van der Waals surface area (Å²) in [4.78, 5) is 18.6. The van der Waals surface area contributed by atoms with E-state index in [1.54, 1.807) is 6.07 Å². The van der Waals surface area contributed by atoms with E-state index < -0.39 is 0 Å². The maximum Gasteiger partial charge on any atom is 0.272 e. The second-order valence-electron chi connectivity index (χ2n) is 6.08.